The fourth-order valence-corrected chi connectivity index (χ4v) is 5.27. The molecular weight excluding hydrogens is 440 g/mol. The molecule has 0 bridgehead atoms. The molecule has 2 fully saturated rings. The molecule has 0 atom stereocenters. The van der Waals surface area contributed by atoms with Crippen LogP contribution in [0.5, 0.6) is 5.75 Å². The van der Waals surface area contributed by atoms with E-state index in [9.17, 15) is 14.4 Å². The van der Waals surface area contributed by atoms with Gasteiger partial charge in [0.2, 0.25) is 0 Å². The molecule has 170 valence electrons. The van der Waals surface area contributed by atoms with Gasteiger partial charge < -0.3 is 9.64 Å². The number of Topliss-reactive ketones (excluding diaryl/α,β-unsaturated/α-hetero) is 2. The highest BCUT2D eigenvalue weighted by Crippen LogP contribution is 2.48. The van der Waals surface area contributed by atoms with Crippen LogP contribution in [0.3, 0.4) is 0 Å². The van der Waals surface area contributed by atoms with Gasteiger partial charge in [0, 0.05) is 48.3 Å². The summed E-state index contributed by atoms with van der Waals surface area (Å²) < 4.78 is 5.48. The molecule has 1 saturated carbocycles. The highest BCUT2D eigenvalue weighted by atomic mass is 35.5. The normalized spacial score (nSPS) is 18.1. The van der Waals surface area contributed by atoms with Gasteiger partial charge in [-0.25, -0.2) is 0 Å². The van der Waals surface area contributed by atoms with Crippen LogP contribution >= 0.6 is 11.6 Å². The average Bonchev–Trinajstić information content (AvgIpc) is 2.80. The molecule has 0 N–H and O–H groups in total. The lowest BCUT2D eigenvalue weighted by Gasteiger charge is -2.44. The summed E-state index contributed by atoms with van der Waals surface area (Å²) in [6, 6.07) is 8.63. The first-order chi connectivity index (χ1) is 15.9. The number of hydrogen-bond acceptors (Lipinski definition) is 5. The Bertz CT molecular complexity index is 1140. The summed E-state index contributed by atoms with van der Waals surface area (Å²) >= 11 is 6.50. The number of aromatic nitrogens is 1. The van der Waals surface area contributed by atoms with Gasteiger partial charge in [0.15, 0.2) is 0 Å². The average molecular weight is 465 g/mol. The molecule has 2 aromatic rings. The fourth-order valence-electron chi connectivity index (χ4n) is 4.95. The Morgan fingerprint density at radius 2 is 1.88 bits per heavy atom. The van der Waals surface area contributed by atoms with Crippen LogP contribution in [0.25, 0.3) is 0 Å². The Kier molecular flexibility index (Phi) is 6.53. The molecule has 7 heteroatoms. The number of likely N-dealkylation sites (tertiary alicyclic amines) is 1. The van der Waals surface area contributed by atoms with Crippen LogP contribution in [0.1, 0.15) is 60.1 Å². The van der Waals surface area contributed by atoms with Crippen LogP contribution in [-0.2, 0) is 9.59 Å². The zero-order chi connectivity index (χ0) is 23.6. The molecule has 4 rings (SSSR count). The van der Waals surface area contributed by atoms with Crippen molar-refractivity contribution in [2.75, 3.05) is 20.2 Å². The number of pyridine rings is 1. The third-order valence-corrected chi connectivity index (χ3v) is 6.92. The van der Waals surface area contributed by atoms with E-state index in [4.69, 9.17) is 16.3 Å². The maximum Gasteiger partial charge on any atom is 0.272 e. The lowest BCUT2D eigenvalue weighted by molar-refractivity contribution is -0.138. The highest BCUT2D eigenvalue weighted by molar-refractivity contribution is 6.32. The number of nitrogens with zero attached hydrogens (tertiary/aromatic N) is 2. The van der Waals surface area contributed by atoms with Gasteiger partial charge in [-0.15, -0.1) is 5.92 Å². The Balaban J connectivity index is 1.51. The van der Waals surface area contributed by atoms with Gasteiger partial charge in [-0.05, 0) is 49.4 Å². The zero-order valence-electron chi connectivity index (χ0n) is 18.7. The number of methoxy groups -OCH3 is 1. The molecule has 1 aliphatic carbocycles. The van der Waals surface area contributed by atoms with E-state index in [-0.39, 0.29) is 30.3 Å². The van der Waals surface area contributed by atoms with Crippen LogP contribution in [0.15, 0.2) is 36.5 Å². The van der Waals surface area contributed by atoms with Crippen LogP contribution in [0.2, 0.25) is 5.02 Å². The minimum absolute atomic E-state index is 0.122. The molecule has 33 heavy (non-hydrogen) atoms. The molecular formula is C26H25ClN2O4. The molecule has 1 saturated heterocycles. The van der Waals surface area contributed by atoms with Crippen LogP contribution < -0.4 is 4.74 Å². The molecule has 6 nitrogen and oxygen atoms in total. The smallest absolute Gasteiger partial charge is 0.272 e. The number of amides is 1. The number of halogens is 1. The maximum atomic E-state index is 13.3. The first kappa shape index (κ1) is 23.0. The van der Waals surface area contributed by atoms with Gasteiger partial charge in [-0.2, -0.15) is 0 Å². The number of carbonyl (C=O) groups is 3. The summed E-state index contributed by atoms with van der Waals surface area (Å²) in [6.07, 6.45) is 3.37. The van der Waals surface area contributed by atoms with Crippen LogP contribution in [0.4, 0.5) is 0 Å². The molecule has 2 heterocycles. The monoisotopic (exact) mass is 464 g/mol. The van der Waals surface area contributed by atoms with E-state index < -0.39 is 11.3 Å². The molecule has 2 aliphatic rings. The Hall–Kier alpha value is -3.17. The molecule has 1 aliphatic heterocycles. The first-order valence-corrected chi connectivity index (χ1v) is 11.3. The molecule has 1 amide bonds. The van der Waals surface area contributed by atoms with Crippen molar-refractivity contribution < 1.29 is 19.1 Å². The van der Waals surface area contributed by atoms with Gasteiger partial charge in [0.05, 0.1) is 7.11 Å². The lowest BCUT2D eigenvalue weighted by Crippen LogP contribution is -2.48. The standard InChI is InChI=1S/C26H25ClN2O4/c1-3-6-17-13-18(27)23(22(14-17)33-2)24-20(30)15-26(16-21(24)31)8-11-29(12-9-26)25(32)19-7-4-5-10-28-19/h4-5,7,10,13-14,24H,8-9,11-12,15-16H2,1-2H3. The van der Waals surface area contributed by atoms with Crippen molar-refractivity contribution in [1.29, 1.82) is 0 Å². The number of ether oxygens (including phenoxy) is 1. The van der Waals surface area contributed by atoms with Gasteiger partial charge >= 0.3 is 0 Å². The van der Waals surface area contributed by atoms with E-state index >= 15 is 0 Å². The molecule has 0 radical (unpaired) electrons. The third-order valence-electron chi connectivity index (χ3n) is 6.61. The van der Waals surface area contributed by atoms with Crippen molar-refractivity contribution in [3.8, 4) is 17.6 Å². The van der Waals surface area contributed by atoms with Crippen molar-refractivity contribution in [3.05, 3.63) is 58.4 Å². The molecule has 1 aromatic carbocycles. The van der Waals surface area contributed by atoms with E-state index in [1.54, 1.807) is 48.4 Å². The molecule has 1 spiro atoms. The minimum Gasteiger partial charge on any atom is -0.496 e. The Morgan fingerprint density at radius 3 is 2.45 bits per heavy atom. The van der Waals surface area contributed by atoms with Gasteiger partial charge in [0.25, 0.3) is 5.91 Å². The predicted octanol–water partition coefficient (Wildman–Crippen LogP) is 4.05. The Labute approximate surface area is 198 Å². The minimum atomic E-state index is -0.935. The summed E-state index contributed by atoms with van der Waals surface area (Å²) in [4.78, 5) is 45.2. The van der Waals surface area contributed by atoms with E-state index in [1.807, 2.05) is 0 Å². The summed E-state index contributed by atoms with van der Waals surface area (Å²) in [5.74, 6) is 4.78. The van der Waals surface area contributed by atoms with E-state index in [0.717, 1.165) is 0 Å². The van der Waals surface area contributed by atoms with Crippen LogP contribution in [0, 0.1) is 17.3 Å². The SMILES string of the molecule is CC#Cc1cc(Cl)c(C2C(=O)CC3(CCN(C(=O)c4ccccn4)CC3)CC2=O)c(OC)c1. The first-order valence-electron chi connectivity index (χ1n) is 10.9. The number of ketones is 2. The van der Waals surface area contributed by atoms with E-state index in [1.165, 1.54) is 7.11 Å². The summed E-state index contributed by atoms with van der Waals surface area (Å²) in [5, 5.41) is 0.311. The van der Waals surface area contributed by atoms with Crippen molar-refractivity contribution >= 4 is 29.1 Å². The van der Waals surface area contributed by atoms with Gasteiger partial charge in [0.1, 0.15) is 28.9 Å². The van der Waals surface area contributed by atoms with Gasteiger partial charge in [-0.1, -0.05) is 23.6 Å². The fraction of sp³-hybridized carbons (Fsp3) is 0.385. The number of rotatable bonds is 3. The largest absolute Gasteiger partial charge is 0.496 e. The molecule has 0 unspecified atom stereocenters. The quantitative estimate of drug-likeness (QED) is 0.506. The van der Waals surface area contributed by atoms with Crippen LogP contribution in [-0.4, -0.2) is 47.6 Å². The van der Waals surface area contributed by atoms with E-state index in [2.05, 4.69) is 16.8 Å². The highest BCUT2D eigenvalue weighted by Gasteiger charge is 2.48. The second kappa shape index (κ2) is 9.36. The summed E-state index contributed by atoms with van der Waals surface area (Å²) in [7, 11) is 1.49. The lowest BCUT2D eigenvalue weighted by atomic mass is 9.63. The van der Waals surface area contributed by atoms with Crippen molar-refractivity contribution in [3.63, 3.8) is 0 Å². The second-order valence-electron chi connectivity index (χ2n) is 8.68. The van der Waals surface area contributed by atoms with E-state index in [0.29, 0.717) is 53.5 Å². The zero-order valence-corrected chi connectivity index (χ0v) is 19.4. The van der Waals surface area contributed by atoms with Crippen molar-refractivity contribution in [2.24, 2.45) is 5.41 Å². The topological polar surface area (TPSA) is 76.6 Å². The van der Waals surface area contributed by atoms with Gasteiger partial charge in [-0.3, -0.25) is 19.4 Å². The number of benzene rings is 1. The Morgan fingerprint density at radius 1 is 1.18 bits per heavy atom. The number of carbonyl (C=O) groups excluding carboxylic acids is 3. The van der Waals surface area contributed by atoms with Crippen molar-refractivity contribution in [1.82, 2.24) is 9.88 Å². The third kappa shape index (κ3) is 4.51. The number of piperidine rings is 1. The number of hydrogen-bond donors (Lipinski definition) is 0. The summed E-state index contributed by atoms with van der Waals surface area (Å²) in [6.45, 7) is 2.71. The van der Waals surface area contributed by atoms with Crippen molar-refractivity contribution in [2.45, 2.75) is 38.5 Å². The maximum absolute atomic E-state index is 13.3. The molecule has 1 aromatic heterocycles. The predicted molar refractivity (Wildman–Crippen MR) is 124 cm³/mol. The second-order valence-corrected chi connectivity index (χ2v) is 9.08. The summed E-state index contributed by atoms with van der Waals surface area (Å²) in [5.41, 5.74) is 1.08.